The van der Waals surface area contributed by atoms with E-state index in [0.29, 0.717) is 13.0 Å². The van der Waals surface area contributed by atoms with Crippen LogP contribution in [0, 0.1) is 0 Å². The maximum atomic E-state index is 11.3. The van der Waals surface area contributed by atoms with Crippen molar-refractivity contribution in [2.75, 3.05) is 5.75 Å². The molecule has 3 nitrogen and oxygen atoms in total. The van der Waals surface area contributed by atoms with Crippen LogP contribution in [0.4, 0.5) is 0 Å². The SMILES string of the molecule is CCCS(=O)(=O)NCc1cc(Br)cs1. The van der Waals surface area contributed by atoms with Crippen LogP contribution in [0.15, 0.2) is 15.9 Å². The summed E-state index contributed by atoms with van der Waals surface area (Å²) >= 11 is 4.85. The van der Waals surface area contributed by atoms with E-state index in [9.17, 15) is 8.42 Å². The van der Waals surface area contributed by atoms with Crippen molar-refractivity contribution in [2.24, 2.45) is 0 Å². The minimum atomic E-state index is -3.08. The van der Waals surface area contributed by atoms with Crippen molar-refractivity contribution in [3.63, 3.8) is 0 Å². The fraction of sp³-hybridized carbons (Fsp3) is 0.500. The van der Waals surface area contributed by atoms with Crippen molar-refractivity contribution >= 4 is 37.3 Å². The van der Waals surface area contributed by atoms with Gasteiger partial charge in [0.1, 0.15) is 0 Å². The molecule has 0 atom stereocenters. The van der Waals surface area contributed by atoms with E-state index in [0.717, 1.165) is 9.35 Å². The molecule has 0 bridgehead atoms. The van der Waals surface area contributed by atoms with Crippen LogP contribution in [0.2, 0.25) is 0 Å². The lowest BCUT2D eigenvalue weighted by atomic mass is 10.5. The number of halogens is 1. The Morgan fingerprint density at radius 3 is 2.79 bits per heavy atom. The summed E-state index contributed by atoms with van der Waals surface area (Å²) < 4.78 is 26.1. The molecule has 0 radical (unpaired) electrons. The van der Waals surface area contributed by atoms with Gasteiger partial charge in [-0.2, -0.15) is 0 Å². The molecule has 14 heavy (non-hydrogen) atoms. The van der Waals surface area contributed by atoms with Gasteiger partial charge in [0, 0.05) is 21.3 Å². The van der Waals surface area contributed by atoms with Crippen LogP contribution in [-0.2, 0) is 16.6 Å². The Balaban J connectivity index is 2.48. The molecule has 1 aromatic rings. The lowest BCUT2D eigenvalue weighted by Crippen LogP contribution is -2.25. The van der Waals surface area contributed by atoms with Crippen LogP contribution in [0.1, 0.15) is 18.2 Å². The highest BCUT2D eigenvalue weighted by Gasteiger charge is 2.08. The fourth-order valence-corrected chi connectivity index (χ4v) is 3.51. The molecule has 6 heteroatoms. The van der Waals surface area contributed by atoms with Crippen LogP contribution in [0.5, 0.6) is 0 Å². The monoisotopic (exact) mass is 297 g/mol. The number of sulfonamides is 1. The number of thiophene rings is 1. The van der Waals surface area contributed by atoms with Crippen LogP contribution in [0.25, 0.3) is 0 Å². The van der Waals surface area contributed by atoms with Crippen molar-refractivity contribution in [3.05, 3.63) is 20.8 Å². The molecule has 0 aliphatic heterocycles. The second-order valence-corrected chi connectivity index (χ2v) is 6.71. The Bertz CT molecular complexity index is 386. The predicted molar refractivity (Wildman–Crippen MR) is 62.9 cm³/mol. The van der Waals surface area contributed by atoms with E-state index < -0.39 is 10.0 Å². The maximum absolute atomic E-state index is 11.3. The molecule has 0 saturated heterocycles. The topological polar surface area (TPSA) is 46.2 Å². The Hall–Kier alpha value is 0.0900. The van der Waals surface area contributed by atoms with Gasteiger partial charge < -0.3 is 0 Å². The van der Waals surface area contributed by atoms with E-state index in [4.69, 9.17) is 0 Å². The van der Waals surface area contributed by atoms with Crippen molar-refractivity contribution < 1.29 is 8.42 Å². The molecule has 1 N–H and O–H groups in total. The van der Waals surface area contributed by atoms with Crippen molar-refractivity contribution in [1.82, 2.24) is 4.72 Å². The zero-order valence-electron chi connectivity index (χ0n) is 7.79. The standard InChI is InChI=1S/C8H12BrNO2S2/c1-2-3-14(11,12)10-5-8-4-7(9)6-13-8/h4,6,10H,2-3,5H2,1H3. The largest absolute Gasteiger partial charge is 0.212 e. The van der Waals surface area contributed by atoms with Gasteiger partial charge in [-0.3, -0.25) is 0 Å². The molecule has 80 valence electrons. The van der Waals surface area contributed by atoms with Crippen LogP contribution >= 0.6 is 27.3 Å². The summed E-state index contributed by atoms with van der Waals surface area (Å²) in [5.74, 6) is 0.194. The number of hydrogen-bond acceptors (Lipinski definition) is 3. The van der Waals surface area contributed by atoms with Gasteiger partial charge in [0.05, 0.1) is 5.75 Å². The van der Waals surface area contributed by atoms with Gasteiger partial charge in [0.15, 0.2) is 0 Å². The third-order valence-corrected chi connectivity index (χ3v) is 4.79. The van der Waals surface area contributed by atoms with Crippen LogP contribution < -0.4 is 4.72 Å². The fourth-order valence-electron chi connectivity index (χ4n) is 0.968. The van der Waals surface area contributed by atoms with Crippen molar-refractivity contribution in [2.45, 2.75) is 19.9 Å². The summed E-state index contributed by atoms with van der Waals surface area (Å²) in [4.78, 5) is 1.01. The lowest BCUT2D eigenvalue weighted by Gasteiger charge is -2.02. The van der Waals surface area contributed by atoms with E-state index in [1.165, 1.54) is 11.3 Å². The summed E-state index contributed by atoms with van der Waals surface area (Å²) in [6, 6.07) is 1.92. The Labute approximate surface area is 96.7 Å². The van der Waals surface area contributed by atoms with Gasteiger partial charge >= 0.3 is 0 Å². The highest BCUT2D eigenvalue weighted by molar-refractivity contribution is 9.10. The highest BCUT2D eigenvalue weighted by atomic mass is 79.9. The molecular weight excluding hydrogens is 286 g/mol. The molecule has 0 amide bonds. The van der Waals surface area contributed by atoms with E-state index in [1.807, 2.05) is 18.4 Å². The molecule has 0 aliphatic rings. The molecule has 0 fully saturated rings. The van der Waals surface area contributed by atoms with Gasteiger partial charge in [-0.1, -0.05) is 6.92 Å². The van der Waals surface area contributed by atoms with E-state index in [-0.39, 0.29) is 5.75 Å². The van der Waals surface area contributed by atoms with Gasteiger partial charge in [-0.25, -0.2) is 13.1 Å². The molecule has 1 heterocycles. The molecule has 0 spiro atoms. The summed E-state index contributed by atoms with van der Waals surface area (Å²) in [7, 11) is -3.08. The van der Waals surface area contributed by atoms with E-state index >= 15 is 0 Å². The third kappa shape index (κ3) is 4.08. The minimum Gasteiger partial charge on any atom is -0.212 e. The van der Waals surface area contributed by atoms with Crippen molar-refractivity contribution in [1.29, 1.82) is 0 Å². The first-order chi connectivity index (χ1) is 6.53. The average molecular weight is 298 g/mol. The second kappa shape index (κ2) is 5.25. The Morgan fingerprint density at radius 1 is 1.57 bits per heavy atom. The number of hydrogen-bond donors (Lipinski definition) is 1. The van der Waals surface area contributed by atoms with Crippen LogP contribution in [0.3, 0.4) is 0 Å². The Morgan fingerprint density at radius 2 is 2.29 bits per heavy atom. The van der Waals surface area contributed by atoms with Gasteiger partial charge in [-0.05, 0) is 28.4 Å². The minimum absolute atomic E-state index is 0.194. The zero-order valence-corrected chi connectivity index (χ0v) is 11.0. The quantitative estimate of drug-likeness (QED) is 0.907. The summed E-state index contributed by atoms with van der Waals surface area (Å²) in [5.41, 5.74) is 0. The summed E-state index contributed by atoms with van der Waals surface area (Å²) in [5, 5.41) is 1.93. The van der Waals surface area contributed by atoms with E-state index in [1.54, 1.807) is 0 Å². The van der Waals surface area contributed by atoms with Gasteiger partial charge in [0.2, 0.25) is 10.0 Å². The highest BCUT2D eigenvalue weighted by Crippen LogP contribution is 2.19. The van der Waals surface area contributed by atoms with Gasteiger partial charge in [0.25, 0.3) is 0 Å². The first-order valence-electron chi connectivity index (χ1n) is 4.24. The molecule has 0 aliphatic carbocycles. The molecule has 0 saturated carbocycles. The van der Waals surface area contributed by atoms with Crippen LogP contribution in [-0.4, -0.2) is 14.2 Å². The Kier molecular flexibility index (Phi) is 4.56. The molecule has 1 aromatic heterocycles. The zero-order chi connectivity index (χ0) is 10.6. The lowest BCUT2D eigenvalue weighted by molar-refractivity contribution is 0.580. The molecule has 0 unspecified atom stereocenters. The van der Waals surface area contributed by atoms with E-state index in [2.05, 4.69) is 20.7 Å². The smallest absolute Gasteiger partial charge is 0.211 e. The molecule has 1 rings (SSSR count). The number of rotatable bonds is 5. The number of nitrogens with one attached hydrogen (secondary N) is 1. The first kappa shape index (κ1) is 12.2. The molecule has 0 aromatic carbocycles. The maximum Gasteiger partial charge on any atom is 0.211 e. The van der Waals surface area contributed by atoms with Gasteiger partial charge in [-0.15, -0.1) is 11.3 Å². The molecular formula is C8H12BrNO2S2. The van der Waals surface area contributed by atoms with Crippen molar-refractivity contribution in [3.8, 4) is 0 Å². The average Bonchev–Trinajstić information content (AvgIpc) is 2.48. The second-order valence-electron chi connectivity index (χ2n) is 2.87. The predicted octanol–water partition coefficient (Wildman–Crippen LogP) is 2.34. The summed E-state index contributed by atoms with van der Waals surface area (Å²) in [6.45, 7) is 2.24. The third-order valence-electron chi connectivity index (χ3n) is 1.56. The normalized spacial score (nSPS) is 11.9. The summed E-state index contributed by atoms with van der Waals surface area (Å²) in [6.07, 6.45) is 0.642. The first-order valence-corrected chi connectivity index (χ1v) is 7.56.